The summed E-state index contributed by atoms with van der Waals surface area (Å²) in [5.41, 5.74) is 2.91. The summed E-state index contributed by atoms with van der Waals surface area (Å²) in [5.74, 6) is 2.45. The minimum atomic E-state index is -0.224. The molecule has 1 aromatic heterocycles. The third-order valence-corrected chi connectivity index (χ3v) is 6.08. The molecule has 1 amide bonds. The average Bonchev–Trinajstić information content (AvgIpc) is 3.24. The molecule has 7 heteroatoms. The van der Waals surface area contributed by atoms with Gasteiger partial charge in [0.1, 0.15) is 17.3 Å². The molecule has 4 aromatic rings. The lowest BCUT2D eigenvalue weighted by atomic mass is 10.1. The van der Waals surface area contributed by atoms with E-state index in [-0.39, 0.29) is 11.9 Å². The first-order valence-corrected chi connectivity index (χ1v) is 12.2. The zero-order valence-electron chi connectivity index (χ0n) is 20.0. The number of nitrogens with one attached hydrogen (secondary N) is 1. The first kappa shape index (κ1) is 24.6. The van der Waals surface area contributed by atoms with Crippen molar-refractivity contribution in [3.63, 3.8) is 0 Å². The minimum Gasteiger partial charge on any atom is -0.497 e. The zero-order valence-corrected chi connectivity index (χ0v) is 20.8. The standard InChI is InChI=1S/C28H30ClN3O3/c1-20(30-27(33)19-21-9-11-22(29)12-10-21)28-31-25-7-3-4-8-26(25)32(28)17-5-6-18-35-24-15-13-23(34-2)14-16-24/h3-4,7-16,20H,5-6,17-19H2,1-2H3,(H,30,33). The van der Waals surface area contributed by atoms with Crippen molar-refractivity contribution >= 4 is 28.5 Å². The summed E-state index contributed by atoms with van der Waals surface area (Å²) in [6, 6.07) is 22.8. The van der Waals surface area contributed by atoms with E-state index in [2.05, 4.69) is 16.0 Å². The molecule has 0 aliphatic rings. The Morgan fingerprint density at radius 2 is 1.71 bits per heavy atom. The molecular weight excluding hydrogens is 462 g/mol. The third kappa shape index (κ3) is 6.55. The quantitative estimate of drug-likeness (QED) is 0.262. The van der Waals surface area contributed by atoms with Crippen LogP contribution >= 0.6 is 11.6 Å². The summed E-state index contributed by atoms with van der Waals surface area (Å²) in [4.78, 5) is 17.5. The summed E-state index contributed by atoms with van der Waals surface area (Å²) >= 11 is 5.95. The van der Waals surface area contributed by atoms with Gasteiger partial charge < -0.3 is 19.4 Å². The molecule has 1 unspecified atom stereocenters. The van der Waals surface area contributed by atoms with Crippen LogP contribution in [-0.2, 0) is 17.8 Å². The highest BCUT2D eigenvalue weighted by molar-refractivity contribution is 6.30. The predicted molar refractivity (Wildman–Crippen MR) is 139 cm³/mol. The van der Waals surface area contributed by atoms with Gasteiger partial charge in [0.15, 0.2) is 0 Å². The molecule has 0 bridgehead atoms. The summed E-state index contributed by atoms with van der Waals surface area (Å²) in [7, 11) is 1.65. The highest BCUT2D eigenvalue weighted by Gasteiger charge is 2.18. The maximum Gasteiger partial charge on any atom is 0.224 e. The number of methoxy groups -OCH3 is 1. The Bertz CT molecular complexity index is 1250. The number of carbonyl (C=O) groups is 1. The van der Waals surface area contributed by atoms with Crippen LogP contribution in [0, 0.1) is 0 Å². The van der Waals surface area contributed by atoms with E-state index in [1.165, 1.54) is 0 Å². The number of ether oxygens (including phenoxy) is 2. The Kier molecular flexibility index (Phi) is 8.27. The molecule has 6 nitrogen and oxygen atoms in total. The maximum absolute atomic E-state index is 12.7. The van der Waals surface area contributed by atoms with E-state index in [0.29, 0.717) is 18.1 Å². The number of hydrogen-bond donors (Lipinski definition) is 1. The van der Waals surface area contributed by atoms with E-state index < -0.39 is 0 Å². The fraction of sp³-hybridized carbons (Fsp3) is 0.286. The Morgan fingerprint density at radius 3 is 2.46 bits per heavy atom. The van der Waals surface area contributed by atoms with E-state index in [9.17, 15) is 4.79 Å². The van der Waals surface area contributed by atoms with Crippen LogP contribution < -0.4 is 14.8 Å². The van der Waals surface area contributed by atoms with Gasteiger partial charge in [-0.25, -0.2) is 4.98 Å². The van der Waals surface area contributed by atoms with E-state index in [1.54, 1.807) is 19.2 Å². The van der Waals surface area contributed by atoms with Crippen molar-refractivity contribution in [3.8, 4) is 11.5 Å². The molecule has 182 valence electrons. The Balaban J connectivity index is 1.36. The van der Waals surface area contributed by atoms with Gasteiger partial charge in [0.05, 0.1) is 37.2 Å². The Labute approximate surface area is 210 Å². The number of carbonyl (C=O) groups excluding carboxylic acids is 1. The van der Waals surface area contributed by atoms with Gasteiger partial charge in [0.25, 0.3) is 0 Å². The molecular formula is C28H30ClN3O3. The number of nitrogens with zero attached hydrogens (tertiary/aromatic N) is 2. The van der Waals surface area contributed by atoms with Gasteiger partial charge in [-0.3, -0.25) is 4.79 Å². The molecule has 35 heavy (non-hydrogen) atoms. The number of benzene rings is 3. The first-order chi connectivity index (χ1) is 17.0. The summed E-state index contributed by atoms with van der Waals surface area (Å²) in [5, 5.41) is 3.76. The van der Waals surface area contributed by atoms with E-state index in [1.807, 2.05) is 61.5 Å². The molecule has 1 heterocycles. The smallest absolute Gasteiger partial charge is 0.224 e. The fourth-order valence-corrected chi connectivity index (χ4v) is 4.16. The monoisotopic (exact) mass is 491 g/mol. The lowest BCUT2D eigenvalue weighted by Gasteiger charge is -2.17. The first-order valence-electron chi connectivity index (χ1n) is 11.8. The van der Waals surface area contributed by atoms with Crippen LogP contribution in [0.25, 0.3) is 11.0 Å². The van der Waals surface area contributed by atoms with Crippen LogP contribution in [0.1, 0.15) is 37.2 Å². The van der Waals surface area contributed by atoms with Crippen LogP contribution in [0.2, 0.25) is 5.02 Å². The highest BCUT2D eigenvalue weighted by Crippen LogP contribution is 2.22. The number of aryl methyl sites for hydroxylation is 1. The molecule has 0 saturated heterocycles. The maximum atomic E-state index is 12.7. The van der Waals surface area contributed by atoms with Crippen LogP contribution in [-0.4, -0.2) is 29.2 Å². The number of halogens is 1. The van der Waals surface area contributed by atoms with Crippen molar-refractivity contribution in [1.29, 1.82) is 0 Å². The molecule has 0 spiro atoms. The van der Waals surface area contributed by atoms with E-state index >= 15 is 0 Å². The number of fused-ring (bicyclic) bond motifs is 1. The number of rotatable bonds is 11. The van der Waals surface area contributed by atoms with Gasteiger partial charge in [-0.15, -0.1) is 0 Å². The minimum absolute atomic E-state index is 0.0497. The topological polar surface area (TPSA) is 65.4 Å². The Morgan fingerprint density at radius 1 is 1.00 bits per heavy atom. The van der Waals surface area contributed by atoms with Gasteiger partial charge in [0, 0.05) is 11.6 Å². The Hall–Kier alpha value is -3.51. The molecule has 0 radical (unpaired) electrons. The second-order valence-corrected chi connectivity index (χ2v) is 8.87. The lowest BCUT2D eigenvalue weighted by molar-refractivity contribution is -0.121. The number of imidazole rings is 1. The van der Waals surface area contributed by atoms with Crippen LogP contribution in [0.3, 0.4) is 0 Å². The van der Waals surface area contributed by atoms with Gasteiger partial charge in [-0.1, -0.05) is 35.9 Å². The highest BCUT2D eigenvalue weighted by atomic mass is 35.5. The van der Waals surface area contributed by atoms with Crippen molar-refractivity contribution in [1.82, 2.24) is 14.9 Å². The third-order valence-electron chi connectivity index (χ3n) is 5.83. The van der Waals surface area contributed by atoms with Crippen molar-refractivity contribution in [2.75, 3.05) is 13.7 Å². The van der Waals surface area contributed by atoms with Crippen molar-refractivity contribution in [2.45, 2.75) is 38.8 Å². The van der Waals surface area contributed by atoms with Crippen molar-refractivity contribution in [3.05, 3.63) is 89.2 Å². The number of para-hydroxylation sites is 2. The molecule has 0 fully saturated rings. The van der Waals surface area contributed by atoms with Gasteiger partial charge in [-0.2, -0.15) is 0 Å². The van der Waals surface area contributed by atoms with Gasteiger partial charge >= 0.3 is 0 Å². The molecule has 0 aliphatic carbocycles. The molecule has 1 atom stereocenters. The second kappa shape index (κ2) is 11.8. The number of hydrogen-bond acceptors (Lipinski definition) is 4. The summed E-state index contributed by atoms with van der Waals surface area (Å²) < 4.78 is 13.2. The molecule has 1 N–H and O–H groups in total. The number of unbranched alkanes of at least 4 members (excludes halogenated alkanes) is 1. The zero-order chi connectivity index (χ0) is 24.6. The summed E-state index contributed by atoms with van der Waals surface area (Å²) in [6.45, 7) is 3.39. The fourth-order valence-electron chi connectivity index (χ4n) is 4.04. The molecule has 3 aromatic carbocycles. The van der Waals surface area contributed by atoms with Gasteiger partial charge in [0.2, 0.25) is 5.91 Å². The number of amides is 1. The number of aromatic nitrogens is 2. The second-order valence-electron chi connectivity index (χ2n) is 8.43. The molecule has 0 aliphatic heterocycles. The lowest BCUT2D eigenvalue weighted by Crippen LogP contribution is -2.30. The van der Waals surface area contributed by atoms with Crippen molar-refractivity contribution in [2.24, 2.45) is 0 Å². The largest absolute Gasteiger partial charge is 0.497 e. The normalized spacial score (nSPS) is 11.9. The van der Waals surface area contributed by atoms with Crippen LogP contribution in [0.15, 0.2) is 72.8 Å². The average molecular weight is 492 g/mol. The van der Waals surface area contributed by atoms with Crippen molar-refractivity contribution < 1.29 is 14.3 Å². The van der Waals surface area contributed by atoms with E-state index in [4.69, 9.17) is 26.1 Å². The predicted octanol–water partition coefficient (Wildman–Crippen LogP) is 5.98. The summed E-state index contributed by atoms with van der Waals surface area (Å²) in [6.07, 6.45) is 2.12. The SMILES string of the molecule is COc1ccc(OCCCCn2c(C(C)NC(=O)Cc3ccc(Cl)cc3)nc3ccccc32)cc1. The van der Waals surface area contributed by atoms with Gasteiger partial charge in [-0.05, 0) is 73.9 Å². The van der Waals surface area contributed by atoms with Crippen LogP contribution in [0.5, 0.6) is 11.5 Å². The van der Waals surface area contributed by atoms with E-state index in [0.717, 1.165) is 53.3 Å². The molecule has 0 saturated carbocycles. The molecule has 4 rings (SSSR count). The van der Waals surface area contributed by atoms with Crippen LogP contribution in [0.4, 0.5) is 0 Å².